The molecule has 5 fully saturated rings. The summed E-state index contributed by atoms with van der Waals surface area (Å²) in [6.07, 6.45) is 10.5. The summed E-state index contributed by atoms with van der Waals surface area (Å²) in [6.45, 7) is 11.5. The molecule has 0 saturated heterocycles. The number of allylic oxidation sites excluding steroid dienone is 1. The van der Waals surface area contributed by atoms with Gasteiger partial charge in [0.2, 0.25) is 0 Å². The highest BCUT2D eigenvalue weighted by Gasteiger charge is 2.82. The molecule has 5 saturated carbocycles. The average molecular weight is 553 g/mol. The first-order valence-corrected chi connectivity index (χ1v) is 16.1. The van der Waals surface area contributed by atoms with Crippen LogP contribution in [0.5, 0.6) is 0 Å². The van der Waals surface area contributed by atoms with Gasteiger partial charge in [0.1, 0.15) is 0 Å². The fourth-order valence-electron chi connectivity index (χ4n) is 11.3. The molecule has 7 nitrogen and oxygen atoms in total. The van der Waals surface area contributed by atoms with Crippen molar-refractivity contribution in [3.63, 3.8) is 0 Å². The van der Waals surface area contributed by atoms with Crippen LogP contribution in [-0.2, 0) is 24.1 Å². The fourth-order valence-corrected chi connectivity index (χ4v) is 11.9. The lowest BCUT2D eigenvalue weighted by Gasteiger charge is -2.62. The van der Waals surface area contributed by atoms with Crippen molar-refractivity contribution in [1.82, 2.24) is 0 Å². The van der Waals surface area contributed by atoms with Crippen molar-refractivity contribution in [1.29, 1.82) is 0 Å². The number of fused-ring (bicyclic) bond motifs is 2. The van der Waals surface area contributed by atoms with Crippen LogP contribution in [0.15, 0.2) is 11.6 Å². The molecule has 0 aromatic rings. The summed E-state index contributed by atoms with van der Waals surface area (Å²) in [4.78, 5) is 13.0. The second kappa shape index (κ2) is 9.28. The molecule has 5 aliphatic rings. The maximum absolute atomic E-state index is 13.0. The van der Waals surface area contributed by atoms with Crippen molar-refractivity contribution < 1.29 is 31.8 Å². The number of ether oxygens (including phenoxy) is 1. The molecular weight excluding hydrogens is 504 g/mol. The lowest BCUT2D eigenvalue weighted by molar-refractivity contribution is -0.169. The summed E-state index contributed by atoms with van der Waals surface area (Å²) in [5, 5.41) is 10.7. The van der Waals surface area contributed by atoms with Gasteiger partial charge in [0.25, 0.3) is 0 Å². The Labute approximate surface area is 229 Å². The van der Waals surface area contributed by atoms with Gasteiger partial charge in [-0.05, 0) is 123 Å². The quantitative estimate of drug-likeness (QED) is 0.236. The van der Waals surface area contributed by atoms with Gasteiger partial charge < -0.3 is 9.84 Å². The first-order chi connectivity index (χ1) is 17.6. The molecule has 216 valence electrons. The third-order valence-corrected chi connectivity index (χ3v) is 13.3. The van der Waals surface area contributed by atoms with E-state index in [-0.39, 0.29) is 27.6 Å². The van der Waals surface area contributed by atoms with E-state index in [0.717, 1.165) is 50.5 Å². The van der Waals surface area contributed by atoms with E-state index >= 15 is 0 Å². The molecule has 0 amide bonds. The van der Waals surface area contributed by atoms with Crippen LogP contribution in [0.25, 0.3) is 0 Å². The molecule has 0 heterocycles. The molecule has 2 N–H and O–H groups in total. The summed E-state index contributed by atoms with van der Waals surface area (Å²) in [5.41, 5.74) is 1.81. The van der Waals surface area contributed by atoms with E-state index in [1.165, 1.54) is 20.0 Å². The summed E-state index contributed by atoms with van der Waals surface area (Å²) in [6, 6.07) is 0. The first-order valence-electron chi connectivity index (χ1n) is 14.7. The van der Waals surface area contributed by atoms with E-state index < -0.39 is 34.5 Å². The average Bonchev–Trinajstić information content (AvgIpc) is 3.39. The van der Waals surface area contributed by atoms with Gasteiger partial charge in [0.15, 0.2) is 0 Å². The number of hydrogen-bond acceptors (Lipinski definition) is 6. The van der Waals surface area contributed by atoms with E-state index in [1.807, 2.05) is 19.9 Å². The zero-order valence-electron chi connectivity index (χ0n) is 24.0. The number of methoxy groups -OCH3 is 1. The minimum absolute atomic E-state index is 0.0231. The highest BCUT2D eigenvalue weighted by atomic mass is 32.3. The summed E-state index contributed by atoms with van der Waals surface area (Å²) in [5.74, 6) is 0.559. The van der Waals surface area contributed by atoms with Gasteiger partial charge in [-0.1, -0.05) is 32.4 Å². The molecule has 2 spiro atoms. The molecule has 38 heavy (non-hydrogen) atoms. The minimum atomic E-state index is -4.66. The standard InChI is InChI=1S/C30H48O7S/c1-18(2)15-20(31)16-19(3)21-9-11-28(5)24-8-7-22-25(26(32)36-6)23(37-38(33,34)35)10-12-29(22)17-30(24,29)14-13-27(21,28)4/h15,19-25,31H,7-14,16-17H2,1-6H3,(H,33,34,35)/t19-,20+,21-,22?,23+,24+,25+,27-,28+,29-,30+/m1/s1. The molecular formula is C30H48O7S. The third-order valence-electron chi connectivity index (χ3n) is 12.9. The number of rotatable bonds is 7. The Morgan fingerprint density at radius 1 is 1.03 bits per heavy atom. The second-order valence-corrected chi connectivity index (χ2v) is 15.4. The Morgan fingerprint density at radius 2 is 1.74 bits per heavy atom. The van der Waals surface area contributed by atoms with E-state index in [1.54, 1.807) is 0 Å². The third kappa shape index (κ3) is 4.06. The highest BCUT2D eigenvalue weighted by molar-refractivity contribution is 7.80. The number of aliphatic hydroxyl groups is 1. The predicted octanol–water partition coefficient (Wildman–Crippen LogP) is 5.73. The van der Waals surface area contributed by atoms with Gasteiger partial charge in [0, 0.05) is 0 Å². The van der Waals surface area contributed by atoms with Crippen LogP contribution < -0.4 is 0 Å². The summed E-state index contributed by atoms with van der Waals surface area (Å²) >= 11 is 0. The maximum Gasteiger partial charge on any atom is 0.397 e. The van der Waals surface area contributed by atoms with Crippen LogP contribution in [-0.4, -0.2) is 43.4 Å². The number of esters is 1. The van der Waals surface area contributed by atoms with E-state index in [9.17, 15) is 22.9 Å². The lowest BCUT2D eigenvalue weighted by Crippen LogP contribution is -2.57. The van der Waals surface area contributed by atoms with E-state index in [0.29, 0.717) is 24.2 Å². The lowest BCUT2D eigenvalue weighted by atomic mass is 9.42. The van der Waals surface area contributed by atoms with Crippen molar-refractivity contribution in [2.45, 2.75) is 111 Å². The van der Waals surface area contributed by atoms with Crippen LogP contribution in [0.4, 0.5) is 0 Å². The molecule has 5 aliphatic carbocycles. The molecule has 8 heteroatoms. The number of hydrogen-bond donors (Lipinski definition) is 2. The molecule has 1 unspecified atom stereocenters. The molecule has 0 aromatic heterocycles. The fraction of sp³-hybridized carbons (Fsp3) is 0.900. The topological polar surface area (TPSA) is 110 Å². The van der Waals surface area contributed by atoms with Crippen molar-refractivity contribution in [2.24, 2.45) is 51.2 Å². The molecule has 0 aromatic carbocycles. The van der Waals surface area contributed by atoms with Gasteiger partial charge in [-0.2, -0.15) is 8.42 Å². The monoisotopic (exact) mass is 552 g/mol. The normalized spacial score (nSPS) is 47.0. The van der Waals surface area contributed by atoms with Gasteiger partial charge in [-0.15, -0.1) is 0 Å². The SMILES string of the molecule is COC(=O)[C@H]1C2CC[C@@H]3[C@]4(CC[C@]5(C)[C@@H]([C@H](C)C[C@@H](O)C=C(C)C)CC[C@@]35C)C[C@]24CC[C@@H]1OS(=O)(=O)O. The Balaban J connectivity index is 1.41. The minimum Gasteiger partial charge on any atom is -0.469 e. The Kier molecular flexibility index (Phi) is 6.98. The highest BCUT2D eigenvalue weighted by Crippen LogP contribution is 2.88. The van der Waals surface area contributed by atoms with E-state index in [4.69, 9.17) is 8.92 Å². The number of carbonyl (C=O) groups is 1. The van der Waals surface area contributed by atoms with Crippen LogP contribution in [0, 0.1) is 51.2 Å². The predicted molar refractivity (Wildman–Crippen MR) is 144 cm³/mol. The zero-order chi connectivity index (χ0) is 27.9. The van der Waals surface area contributed by atoms with Crippen LogP contribution in [0.2, 0.25) is 0 Å². The summed E-state index contributed by atoms with van der Waals surface area (Å²) in [7, 11) is -3.31. The maximum atomic E-state index is 13.0. The molecule has 11 atom stereocenters. The Hall–Kier alpha value is -0.960. The zero-order valence-corrected chi connectivity index (χ0v) is 24.9. The van der Waals surface area contributed by atoms with Crippen molar-refractivity contribution >= 4 is 16.4 Å². The van der Waals surface area contributed by atoms with Gasteiger partial charge >= 0.3 is 16.4 Å². The molecule has 0 aliphatic heterocycles. The van der Waals surface area contributed by atoms with E-state index in [2.05, 4.69) is 20.8 Å². The van der Waals surface area contributed by atoms with Crippen LogP contribution in [0.3, 0.4) is 0 Å². The smallest absolute Gasteiger partial charge is 0.397 e. The number of aliphatic hydroxyl groups excluding tert-OH is 1. The molecule has 5 rings (SSSR count). The first kappa shape index (κ1) is 28.6. The molecule has 0 bridgehead atoms. The molecule has 0 radical (unpaired) electrons. The summed E-state index contributed by atoms with van der Waals surface area (Å²) < 4.78 is 42.8. The Morgan fingerprint density at radius 3 is 2.37 bits per heavy atom. The number of carbonyl (C=O) groups excluding carboxylic acids is 1. The second-order valence-electron chi connectivity index (χ2n) is 14.4. The van der Waals surface area contributed by atoms with Gasteiger partial charge in [-0.25, -0.2) is 4.18 Å². The Bertz CT molecular complexity index is 1100. The van der Waals surface area contributed by atoms with Crippen LogP contribution >= 0.6 is 0 Å². The largest absolute Gasteiger partial charge is 0.469 e. The van der Waals surface area contributed by atoms with Crippen molar-refractivity contribution in [3.8, 4) is 0 Å². The van der Waals surface area contributed by atoms with Crippen LogP contribution in [0.1, 0.15) is 98.8 Å². The van der Waals surface area contributed by atoms with Gasteiger partial charge in [-0.3, -0.25) is 9.35 Å². The van der Waals surface area contributed by atoms with Crippen molar-refractivity contribution in [2.75, 3.05) is 7.11 Å². The van der Waals surface area contributed by atoms with Crippen molar-refractivity contribution in [3.05, 3.63) is 11.6 Å². The van der Waals surface area contributed by atoms with Gasteiger partial charge in [0.05, 0.1) is 25.2 Å².